The van der Waals surface area contributed by atoms with Crippen LogP contribution >= 0.6 is 0 Å². The van der Waals surface area contributed by atoms with Crippen molar-refractivity contribution in [2.45, 2.75) is 50.9 Å². The third kappa shape index (κ3) is 3.75. The zero-order valence-electron chi connectivity index (χ0n) is 13.1. The lowest BCUT2D eigenvalue weighted by Gasteiger charge is -2.30. The number of carbonyl (C=O) groups excluding carboxylic acids is 2. The molecule has 1 aromatic rings. The van der Waals surface area contributed by atoms with Gasteiger partial charge in [0.25, 0.3) is 5.91 Å². The predicted molar refractivity (Wildman–Crippen MR) is 82.3 cm³/mol. The maximum absolute atomic E-state index is 12.2. The fraction of sp³-hybridized carbons (Fsp3) is 0.529. The van der Waals surface area contributed by atoms with Crippen molar-refractivity contribution in [1.82, 2.24) is 5.32 Å². The number of hydrogen-bond donors (Lipinski definition) is 1. The summed E-state index contributed by atoms with van der Waals surface area (Å²) in [5.74, 6) is 0.245. The smallest absolute Gasteiger partial charge is 0.351 e. The summed E-state index contributed by atoms with van der Waals surface area (Å²) in [7, 11) is 0. The number of rotatable bonds is 4. The summed E-state index contributed by atoms with van der Waals surface area (Å²) in [6, 6.07) is 7.36. The van der Waals surface area contributed by atoms with Crippen LogP contribution in [0.2, 0.25) is 0 Å². The summed E-state index contributed by atoms with van der Waals surface area (Å²) in [6.45, 7) is 1.45. The van der Waals surface area contributed by atoms with Gasteiger partial charge in [-0.25, -0.2) is 4.79 Å². The molecule has 1 aliphatic heterocycles. The largest absolute Gasteiger partial charge is 0.482 e. The molecule has 0 spiro atoms. The third-order valence-electron chi connectivity index (χ3n) is 4.14. The van der Waals surface area contributed by atoms with Crippen molar-refractivity contribution in [2.75, 3.05) is 6.61 Å². The van der Waals surface area contributed by atoms with E-state index in [1.54, 1.807) is 25.1 Å². The SMILES string of the molecule is C[C@@H]1Oc2ccccc2O[C@@H]1C(=O)OCC(=O)NC1CCCC1. The molecule has 3 rings (SSSR count). The summed E-state index contributed by atoms with van der Waals surface area (Å²) in [5, 5.41) is 2.88. The van der Waals surface area contributed by atoms with E-state index in [-0.39, 0.29) is 18.6 Å². The first kappa shape index (κ1) is 15.6. The molecule has 1 aromatic carbocycles. The van der Waals surface area contributed by atoms with Crippen LogP contribution in [0.3, 0.4) is 0 Å². The van der Waals surface area contributed by atoms with Gasteiger partial charge in [-0.3, -0.25) is 4.79 Å². The Bertz CT molecular complexity index is 582. The molecule has 124 valence electrons. The second kappa shape index (κ2) is 6.89. The molecule has 1 N–H and O–H groups in total. The quantitative estimate of drug-likeness (QED) is 0.857. The Kier molecular flexibility index (Phi) is 4.69. The maximum Gasteiger partial charge on any atom is 0.351 e. The number of para-hydroxylation sites is 2. The van der Waals surface area contributed by atoms with E-state index in [4.69, 9.17) is 14.2 Å². The van der Waals surface area contributed by atoms with E-state index in [1.165, 1.54) is 0 Å². The number of hydrogen-bond acceptors (Lipinski definition) is 5. The summed E-state index contributed by atoms with van der Waals surface area (Å²) in [4.78, 5) is 24.0. The van der Waals surface area contributed by atoms with Crippen LogP contribution in [-0.2, 0) is 14.3 Å². The monoisotopic (exact) mass is 319 g/mol. The van der Waals surface area contributed by atoms with E-state index in [0.717, 1.165) is 25.7 Å². The van der Waals surface area contributed by atoms with Gasteiger partial charge in [0.2, 0.25) is 6.10 Å². The molecule has 1 aliphatic carbocycles. The fourth-order valence-electron chi connectivity index (χ4n) is 2.94. The van der Waals surface area contributed by atoms with E-state index < -0.39 is 18.2 Å². The van der Waals surface area contributed by atoms with Gasteiger partial charge in [-0.15, -0.1) is 0 Å². The summed E-state index contributed by atoms with van der Waals surface area (Å²) in [5.41, 5.74) is 0. The van der Waals surface area contributed by atoms with Gasteiger partial charge in [-0.05, 0) is 31.9 Å². The predicted octanol–water partition coefficient (Wildman–Crippen LogP) is 1.82. The zero-order chi connectivity index (χ0) is 16.2. The van der Waals surface area contributed by atoms with Crippen molar-refractivity contribution in [3.8, 4) is 11.5 Å². The first-order chi connectivity index (χ1) is 11.1. The Labute approximate surface area is 135 Å². The second-order valence-corrected chi connectivity index (χ2v) is 5.96. The summed E-state index contributed by atoms with van der Waals surface area (Å²) >= 11 is 0. The second-order valence-electron chi connectivity index (χ2n) is 5.96. The number of fused-ring (bicyclic) bond motifs is 1. The molecule has 1 fully saturated rings. The van der Waals surface area contributed by atoms with Crippen LogP contribution in [0.15, 0.2) is 24.3 Å². The molecule has 6 heteroatoms. The van der Waals surface area contributed by atoms with Crippen LogP contribution in [0.4, 0.5) is 0 Å². The number of esters is 1. The Hall–Kier alpha value is -2.24. The standard InChI is InChI=1S/C17H21NO5/c1-11-16(23-14-9-5-4-8-13(14)22-11)17(20)21-10-15(19)18-12-6-2-3-7-12/h4-5,8-9,11-12,16H,2-3,6-7,10H2,1H3,(H,18,19)/t11-,16-/m0/s1. The Morgan fingerprint density at radius 1 is 1.17 bits per heavy atom. The van der Waals surface area contributed by atoms with Crippen molar-refractivity contribution in [2.24, 2.45) is 0 Å². The van der Waals surface area contributed by atoms with Gasteiger partial charge in [-0.1, -0.05) is 25.0 Å². The topological polar surface area (TPSA) is 73.9 Å². The third-order valence-corrected chi connectivity index (χ3v) is 4.14. The zero-order valence-corrected chi connectivity index (χ0v) is 13.1. The number of ether oxygens (including phenoxy) is 3. The Morgan fingerprint density at radius 3 is 2.52 bits per heavy atom. The van der Waals surface area contributed by atoms with Gasteiger partial charge >= 0.3 is 5.97 Å². The lowest BCUT2D eigenvalue weighted by Crippen LogP contribution is -2.45. The lowest BCUT2D eigenvalue weighted by atomic mass is 10.2. The van der Waals surface area contributed by atoms with Crippen molar-refractivity contribution >= 4 is 11.9 Å². The highest BCUT2D eigenvalue weighted by Crippen LogP contribution is 2.33. The number of nitrogens with one attached hydrogen (secondary N) is 1. The first-order valence-corrected chi connectivity index (χ1v) is 8.02. The van der Waals surface area contributed by atoms with Crippen LogP contribution in [0.1, 0.15) is 32.6 Å². The molecule has 2 aliphatic rings. The van der Waals surface area contributed by atoms with Gasteiger partial charge in [0.15, 0.2) is 18.1 Å². The highest BCUT2D eigenvalue weighted by molar-refractivity contribution is 5.82. The Morgan fingerprint density at radius 2 is 1.83 bits per heavy atom. The van der Waals surface area contributed by atoms with Crippen LogP contribution in [-0.4, -0.2) is 36.7 Å². The van der Waals surface area contributed by atoms with Gasteiger partial charge in [0.1, 0.15) is 6.10 Å². The molecule has 0 bridgehead atoms. The fourth-order valence-corrected chi connectivity index (χ4v) is 2.94. The van der Waals surface area contributed by atoms with Crippen molar-refractivity contribution in [3.05, 3.63) is 24.3 Å². The molecule has 1 saturated carbocycles. The van der Waals surface area contributed by atoms with E-state index >= 15 is 0 Å². The molecular weight excluding hydrogens is 298 g/mol. The molecule has 0 saturated heterocycles. The average Bonchev–Trinajstić information content (AvgIpc) is 3.05. The molecule has 0 unspecified atom stereocenters. The van der Waals surface area contributed by atoms with Crippen LogP contribution < -0.4 is 14.8 Å². The average molecular weight is 319 g/mol. The number of benzene rings is 1. The van der Waals surface area contributed by atoms with Crippen molar-refractivity contribution in [3.63, 3.8) is 0 Å². The van der Waals surface area contributed by atoms with Gasteiger partial charge in [0, 0.05) is 6.04 Å². The van der Waals surface area contributed by atoms with Crippen LogP contribution in [0.25, 0.3) is 0 Å². The van der Waals surface area contributed by atoms with Gasteiger partial charge in [0.05, 0.1) is 0 Å². The van der Waals surface area contributed by atoms with Crippen LogP contribution in [0.5, 0.6) is 11.5 Å². The van der Waals surface area contributed by atoms with Gasteiger partial charge < -0.3 is 19.5 Å². The molecule has 23 heavy (non-hydrogen) atoms. The first-order valence-electron chi connectivity index (χ1n) is 8.02. The van der Waals surface area contributed by atoms with Gasteiger partial charge in [-0.2, -0.15) is 0 Å². The molecule has 0 aromatic heterocycles. The van der Waals surface area contributed by atoms with E-state index in [9.17, 15) is 9.59 Å². The summed E-state index contributed by atoms with van der Waals surface area (Å²) in [6.07, 6.45) is 2.91. The normalized spacial score (nSPS) is 23.3. The van der Waals surface area contributed by atoms with Crippen molar-refractivity contribution < 1.29 is 23.8 Å². The molecule has 0 radical (unpaired) electrons. The minimum atomic E-state index is -0.871. The lowest BCUT2D eigenvalue weighted by molar-refractivity contribution is -0.160. The number of amides is 1. The van der Waals surface area contributed by atoms with Crippen molar-refractivity contribution in [1.29, 1.82) is 0 Å². The molecule has 6 nitrogen and oxygen atoms in total. The molecule has 1 heterocycles. The molecule has 1 amide bonds. The minimum Gasteiger partial charge on any atom is -0.482 e. The Balaban J connectivity index is 1.51. The highest BCUT2D eigenvalue weighted by atomic mass is 16.6. The molecular formula is C17H21NO5. The van der Waals surface area contributed by atoms with E-state index in [0.29, 0.717) is 11.5 Å². The minimum absolute atomic E-state index is 0.210. The highest BCUT2D eigenvalue weighted by Gasteiger charge is 2.35. The summed E-state index contributed by atoms with van der Waals surface area (Å²) < 4.78 is 16.4. The van der Waals surface area contributed by atoms with E-state index in [1.807, 2.05) is 6.07 Å². The molecule has 2 atom stereocenters. The van der Waals surface area contributed by atoms with E-state index in [2.05, 4.69) is 5.32 Å². The van der Waals surface area contributed by atoms with Crippen LogP contribution in [0, 0.1) is 0 Å². The maximum atomic E-state index is 12.2. The number of carbonyl (C=O) groups is 2.